The van der Waals surface area contributed by atoms with E-state index < -0.39 is 15.8 Å². The van der Waals surface area contributed by atoms with Crippen LogP contribution in [0.2, 0.25) is 0 Å². The van der Waals surface area contributed by atoms with Crippen molar-refractivity contribution in [2.45, 2.75) is 15.8 Å². The van der Waals surface area contributed by atoms with Gasteiger partial charge in [-0.3, -0.25) is 0 Å². The second kappa shape index (κ2) is 2.29. The molecular weight excluding hydrogens is 231 g/mol. The molecule has 11 heavy (non-hydrogen) atoms. The molecule has 1 heterocycles. The van der Waals surface area contributed by atoms with Crippen LogP contribution in [0.5, 0.6) is 0 Å². The summed E-state index contributed by atoms with van der Waals surface area (Å²) in [6, 6.07) is 0. The summed E-state index contributed by atoms with van der Waals surface area (Å²) in [6.45, 7) is 0. The molecule has 66 valence electrons. The van der Waals surface area contributed by atoms with Crippen LogP contribution < -0.4 is 0 Å². The van der Waals surface area contributed by atoms with E-state index in [2.05, 4.69) is 21.4 Å². The molecule has 0 bridgehead atoms. The average Bonchev–Trinajstić information content (AvgIpc) is 1.93. The Kier molecular flexibility index (Phi) is 2.01. The second-order valence-electron chi connectivity index (χ2n) is 1.77. The molecule has 1 aliphatic heterocycles. The lowest BCUT2D eigenvalue weighted by atomic mass is 10.4. The first-order valence-electron chi connectivity index (χ1n) is 2.21. The Morgan fingerprint density at radius 2 is 1.36 bits per heavy atom. The lowest BCUT2D eigenvalue weighted by Crippen LogP contribution is -2.44. The molecule has 0 radical (unpaired) electrons. The summed E-state index contributed by atoms with van der Waals surface area (Å²) in [5.41, 5.74) is 0. The Morgan fingerprint density at radius 1 is 0.909 bits per heavy atom. The maximum atomic E-state index is 12.7. The minimum absolute atomic E-state index is 2.90. The highest BCUT2D eigenvalue weighted by Crippen LogP contribution is 2.56. The van der Waals surface area contributed by atoms with Crippen molar-refractivity contribution in [1.29, 1.82) is 0 Å². The topological polar surface area (TPSA) is 18.5 Å². The maximum absolute atomic E-state index is 12.7. The van der Waals surface area contributed by atoms with Crippen LogP contribution in [0, 0.1) is 0 Å². The lowest BCUT2D eigenvalue weighted by molar-refractivity contribution is -0.399. The largest absolute Gasteiger partial charge is 0.434 e. The van der Waals surface area contributed by atoms with Crippen LogP contribution in [-0.4, -0.2) is 15.8 Å². The predicted octanol–water partition coefficient (Wildman–Crippen LogP) is 2.58. The van der Waals surface area contributed by atoms with Crippen molar-refractivity contribution in [3.63, 3.8) is 0 Å². The van der Waals surface area contributed by atoms with Crippen molar-refractivity contribution in [2.75, 3.05) is 0 Å². The molecule has 1 rings (SSSR count). The van der Waals surface area contributed by atoms with Gasteiger partial charge in [0, 0.05) is 0 Å². The first kappa shape index (κ1) is 9.67. The van der Waals surface area contributed by atoms with Gasteiger partial charge in [0.05, 0.1) is 0 Å². The summed E-state index contributed by atoms with van der Waals surface area (Å²) < 4.78 is 34.2. The summed E-state index contributed by atoms with van der Waals surface area (Å²) in [5, 5.41) is -3.79. The third-order valence-electron chi connectivity index (χ3n) is 0.982. The number of hydrogen-bond acceptors (Lipinski definition) is 2. The standard InChI is InChI=1S/C3Cl3F3O2/c4-1(7)2(5,6)10-11-3(1,8)9. The number of rotatable bonds is 0. The van der Waals surface area contributed by atoms with E-state index in [4.69, 9.17) is 23.2 Å². The molecule has 0 amide bonds. The molecule has 8 heteroatoms. The van der Waals surface area contributed by atoms with Gasteiger partial charge in [0.1, 0.15) is 0 Å². The number of halogens is 6. The van der Waals surface area contributed by atoms with E-state index in [0.717, 1.165) is 0 Å². The van der Waals surface area contributed by atoms with E-state index >= 15 is 0 Å². The predicted molar refractivity (Wildman–Crippen MR) is 31.2 cm³/mol. The van der Waals surface area contributed by atoms with E-state index in [1.807, 2.05) is 0 Å². The smallest absolute Gasteiger partial charge is 0.210 e. The quantitative estimate of drug-likeness (QED) is 0.471. The van der Waals surface area contributed by atoms with Gasteiger partial charge in [-0.2, -0.15) is 18.6 Å². The average molecular weight is 231 g/mol. The van der Waals surface area contributed by atoms with Crippen LogP contribution in [0.3, 0.4) is 0 Å². The number of alkyl halides is 6. The maximum Gasteiger partial charge on any atom is 0.434 e. The van der Waals surface area contributed by atoms with Crippen LogP contribution in [0.1, 0.15) is 0 Å². The summed E-state index contributed by atoms with van der Waals surface area (Å²) in [4.78, 5) is 6.71. The Morgan fingerprint density at radius 3 is 1.45 bits per heavy atom. The van der Waals surface area contributed by atoms with Crippen molar-refractivity contribution in [3.05, 3.63) is 0 Å². The van der Waals surface area contributed by atoms with Gasteiger partial charge in [-0.25, -0.2) is 4.39 Å². The van der Waals surface area contributed by atoms with Crippen molar-refractivity contribution < 1.29 is 22.9 Å². The Balaban J connectivity index is 3.00. The molecule has 0 aromatic rings. The molecule has 2 nitrogen and oxygen atoms in total. The van der Waals surface area contributed by atoms with E-state index in [-0.39, 0.29) is 0 Å². The third kappa shape index (κ3) is 1.19. The fraction of sp³-hybridized carbons (Fsp3) is 1.00. The molecule has 0 aliphatic carbocycles. The molecule has 1 atom stereocenters. The summed E-state index contributed by atoms with van der Waals surface area (Å²) >= 11 is 14.4. The third-order valence-corrected chi connectivity index (χ3v) is 2.31. The Bertz CT molecular complexity index is 165. The fourth-order valence-corrected chi connectivity index (χ4v) is 0.725. The zero-order valence-corrected chi connectivity index (χ0v) is 6.85. The molecular formula is C3Cl3F3O2. The van der Waals surface area contributed by atoms with Crippen molar-refractivity contribution in [1.82, 2.24) is 0 Å². The van der Waals surface area contributed by atoms with Crippen LogP contribution in [0.15, 0.2) is 0 Å². The van der Waals surface area contributed by atoms with Gasteiger partial charge in [0.25, 0.3) is 0 Å². The van der Waals surface area contributed by atoms with E-state index in [9.17, 15) is 13.2 Å². The summed E-state index contributed by atoms with van der Waals surface area (Å²) in [5.74, 6) is 0. The molecule has 0 N–H and O–H groups in total. The highest BCUT2D eigenvalue weighted by molar-refractivity contribution is 6.52. The fourth-order valence-electron chi connectivity index (χ4n) is 0.379. The molecule has 0 spiro atoms. The van der Waals surface area contributed by atoms with Crippen LogP contribution in [-0.2, 0) is 9.78 Å². The molecule has 1 aliphatic rings. The lowest BCUT2D eigenvalue weighted by Gasteiger charge is -2.20. The van der Waals surface area contributed by atoms with Gasteiger partial charge in [-0.1, -0.05) is 34.8 Å². The first-order valence-corrected chi connectivity index (χ1v) is 3.34. The zero-order valence-electron chi connectivity index (χ0n) is 4.58. The molecule has 1 saturated heterocycles. The number of hydrogen-bond donors (Lipinski definition) is 0. The normalized spacial score (nSPS) is 40.9. The van der Waals surface area contributed by atoms with E-state index in [1.54, 1.807) is 0 Å². The minimum Gasteiger partial charge on any atom is -0.210 e. The van der Waals surface area contributed by atoms with Crippen molar-refractivity contribution >= 4 is 34.8 Å². The van der Waals surface area contributed by atoms with Gasteiger partial charge in [-0.15, -0.1) is 0 Å². The summed E-state index contributed by atoms with van der Waals surface area (Å²) in [6.07, 6.45) is -4.36. The van der Waals surface area contributed by atoms with E-state index in [1.165, 1.54) is 0 Å². The highest BCUT2D eigenvalue weighted by atomic mass is 35.5. The molecule has 0 saturated carbocycles. The molecule has 0 aromatic carbocycles. The second-order valence-corrected chi connectivity index (χ2v) is 3.55. The van der Waals surface area contributed by atoms with Crippen LogP contribution in [0.4, 0.5) is 13.2 Å². The molecule has 1 fully saturated rings. The minimum atomic E-state index is -4.36. The van der Waals surface area contributed by atoms with E-state index in [0.29, 0.717) is 0 Å². The van der Waals surface area contributed by atoms with Gasteiger partial charge in [0.15, 0.2) is 0 Å². The van der Waals surface area contributed by atoms with Crippen molar-refractivity contribution in [3.8, 4) is 0 Å². The Labute approximate surface area is 74.0 Å². The SMILES string of the molecule is FC1(F)OOC(Cl)(Cl)C1(F)Cl. The van der Waals surface area contributed by atoms with Gasteiger partial charge in [-0.05, 0) is 0 Å². The first-order chi connectivity index (χ1) is 4.71. The highest BCUT2D eigenvalue weighted by Gasteiger charge is 2.76. The van der Waals surface area contributed by atoms with Gasteiger partial charge >= 0.3 is 15.8 Å². The summed E-state index contributed by atoms with van der Waals surface area (Å²) in [7, 11) is 0. The molecule has 0 aromatic heterocycles. The Hall–Kier alpha value is 0.580. The van der Waals surface area contributed by atoms with Gasteiger partial charge < -0.3 is 0 Å². The van der Waals surface area contributed by atoms with Crippen LogP contribution in [0.25, 0.3) is 0 Å². The van der Waals surface area contributed by atoms with Crippen LogP contribution >= 0.6 is 34.8 Å². The zero-order chi connectivity index (χ0) is 8.91. The van der Waals surface area contributed by atoms with Gasteiger partial charge in [0.2, 0.25) is 0 Å². The molecule has 1 unspecified atom stereocenters. The monoisotopic (exact) mass is 230 g/mol. The van der Waals surface area contributed by atoms with Crippen molar-refractivity contribution in [2.24, 2.45) is 0 Å².